The summed E-state index contributed by atoms with van der Waals surface area (Å²) in [5.41, 5.74) is 1.62. The molecular formula is C18H12ClN5O2S. The quantitative estimate of drug-likeness (QED) is 0.607. The van der Waals surface area contributed by atoms with Gasteiger partial charge >= 0.3 is 0 Å². The number of fused-ring (bicyclic) bond motifs is 5. The van der Waals surface area contributed by atoms with Gasteiger partial charge in [-0.3, -0.25) is 4.79 Å². The predicted molar refractivity (Wildman–Crippen MR) is 103 cm³/mol. The van der Waals surface area contributed by atoms with E-state index in [0.29, 0.717) is 32.8 Å². The van der Waals surface area contributed by atoms with Gasteiger partial charge in [-0.1, -0.05) is 41.6 Å². The smallest absolute Gasteiger partial charge is 0.295 e. The largest absolute Gasteiger partial charge is 0.435 e. The molecule has 1 amide bonds. The summed E-state index contributed by atoms with van der Waals surface area (Å²) in [6, 6.07) is 12.7. The molecular weight excluding hydrogens is 386 g/mol. The Labute approximate surface area is 163 Å². The van der Waals surface area contributed by atoms with Gasteiger partial charge in [0.05, 0.1) is 11.3 Å². The lowest BCUT2D eigenvalue weighted by Gasteiger charge is -2.28. The second-order valence-corrected chi connectivity index (χ2v) is 7.26. The Morgan fingerprint density at radius 1 is 1.15 bits per heavy atom. The fraction of sp³-hybridized carbons (Fsp3) is 0.111. The number of amides is 1. The molecule has 2 aromatic carbocycles. The van der Waals surface area contributed by atoms with Crippen molar-refractivity contribution in [3.8, 4) is 17.1 Å². The first kappa shape index (κ1) is 16.3. The number of nitrogens with zero attached hydrogens (tertiary/aromatic N) is 3. The van der Waals surface area contributed by atoms with Crippen molar-refractivity contribution in [2.45, 2.75) is 10.9 Å². The Hall–Kier alpha value is -2.84. The van der Waals surface area contributed by atoms with Crippen molar-refractivity contribution in [3.05, 3.63) is 53.1 Å². The summed E-state index contributed by atoms with van der Waals surface area (Å²) >= 11 is 7.54. The molecule has 9 heteroatoms. The fourth-order valence-corrected chi connectivity index (χ4v) is 3.73. The van der Waals surface area contributed by atoms with Gasteiger partial charge in [0.2, 0.25) is 11.0 Å². The first-order valence-electron chi connectivity index (χ1n) is 8.07. The van der Waals surface area contributed by atoms with Crippen LogP contribution in [0.15, 0.2) is 47.6 Å². The normalized spacial score (nSPS) is 19.3. The van der Waals surface area contributed by atoms with E-state index in [-0.39, 0.29) is 11.8 Å². The first-order chi connectivity index (χ1) is 13.1. The molecule has 1 atom stereocenters. The number of ether oxygens (including phenoxy) is 1. The zero-order chi connectivity index (χ0) is 18.6. The number of halogens is 1. The highest BCUT2D eigenvalue weighted by atomic mass is 35.5. The monoisotopic (exact) mass is 397 g/mol. The zero-order valence-corrected chi connectivity index (χ0v) is 15.6. The van der Waals surface area contributed by atoms with E-state index >= 15 is 0 Å². The Morgan fingerprint density at radius 2 is 2.00 bits per heavy atom. The molecule has 2 aliphatic rings. The maximum absolute atomic E-state index is 13.0. The summed E-state index contributed by atoms with van der Waals surface area (Å²) in [6.45, 7) is 0. The number of nitrogens with one attached hydrogen (secondary N) is 2. The molecule has 0 saturated carbocycles. The fourth-order valence-electron chi connectivity index (χ4n) is 3.26. The lowest BCUT2D eigenvalue weighted by molar-refractivity contribution is -0.128. The molecule has 2 aliphatic heterocycles. The van der Waals surface area contributed by atoms with Crippen LogP contribution in [0.1, 0.15) is 5.56 Å². The van der Waals surface area contributed by atoms with E-state index in [2.05, 4.69) is 25.8 Å². The standard InChI is InChI=1S/C18H12ClN5O2S/c1-27-17-21-15-14(23-24-17)10-4-2-3-5-12(10)22-18(26-15)11-8-9(19)6-7-13(11)20-16(18)25/h2-8,22H,1H3,(H,20,25)/t18-/m1/s1. The van der Waals surface area contributed by atoms with Crippen molar-refractivity contribution in [1.82, 2.24) is 15.2 Å². The number of para-hydroxylation sites is 1. The number of anilines is 2. The van der Waals surface area contributed by atoms with Crippen LogP contribution in [-0.2, 0) is 10.5 Å². The van der Waals surface area contributed by atoms with E-state index in [0.717, 1.165) is 5.56 Å². The molecule has 5 rings (SSSR count). The number of benzene rings is 2. The molecule has 0 aliphatic carbocycles. The molecule has 0 bridgehead atoms. The van der Waals surface area contributed by atoms with Crippen LogP contribution in [0.25, 0.3) is 11.3 Å². The molecule has 3 heterocycles. The number of hydrogen-bond donors (Lipinski definition) is 2. The zero-order valence-electron chi connectivity index (χ0n) is 14.0. The van der Waals surface area contributed by atoms with E-state index in [1.807, 2.05) is 30.5 Å². The van der Waals surface area contributed by atoms with Crippen LogP contribution < -0.4 is 15.4 Å². The first-order valence-corrected chi connectivity index (χ1v) is 9.68. The number of thioether (sulfide) groups is 1. The topological polar surface area (TPSA) is 89.0 Å². The molecule has 134 valence electrons. The van der Waals surface area contributed by atoms with Crippen LogP contribution in [0, 0.1) is 0 Å². The molecule has 1 aromatic heterocycles. The van der Waals surface area contributed by atoms with Crippen molar-refractivity contribution in [2.24, 2.45) is 0 Å². The average molecular weight is 398 g/mol. The molecule has 0 radical (unpaired) electrons. The third-order valence-electron chi connectivity index (χ3n) is 4.49. The van der Waals surface area contributed by atoms with Crippen LogP contribution in [-0.4, -0.2) is 27.3 Å². The van der Waals surface area contributed by atoms with E-state index in [4.69, 9.17) is 16.3 Å². The van der Waals surface area contributed by atoms with Crippen LogP contribution in [0.4, 0.5) is 11.4 Å². The summed E-state index contributed by atoms with van der Waals surface area (Å²) in [5, 5.41) is 15.4. The van der Waals surface area contributed by atoms with Gasteiger partial charge in [0, 0.05) is 16.3 Å². The Morgan fingerprint density at radius 3 is 2.85 bits per heavy atom. The van der Waals surface area contributed by atoms with Crippen LogP contribution in [0.5, 0.6) is 5.88 Å². The van der Waals surface area contributed by atoms with Gasteiger partial charge < -0.3 is 15.4 Å². The minimum atomic E-state index is -1.51. The number of carbonyl (C=O) groups excluding carboxylic acids is 1. The lowest BCUT2D eigenvalue weighted by atomic mass is 10.0. The van der Waals surface area contributed by atoms with E-state index in [9.17, 15) is 4.79 Å². The van der Waals surface area contributed by atoms with Crippen molar-refractivity contribution < 1.29 is 9.53 Å². The van der Waals surface area contributed by atoms with Crippen LogP contribution in [0.3, 0.4) is 0 Å². The van der Waals surface area contributed by atoms with Gasteiger partial charge in [-0.25, -0.2) is 0 Å². The van der Waals surface area contributed by atoms with Gasteiger partial charge in [0.25, 0.3) is 11.6 Å². The average Bonchev–Trinajstić information content (AvgIpc) is 2.85. The van der Waals surface area contributed by atoms with Gasteiger partial charge in [-0.2, -0.15) is 4.98 Å². The van der Waals surface area contributed by atoms with Crippen molar-refractivity contribution >= 4 is 40.6 Å². The van der Waals surface area contributed by atoms with E-state index < -0.39 is 5.72 Å². The third kappa shape index (κ3) is 2.37. The molecule has 3 aromatic rings. The molecule has 7 nitrogen and oxygen atoms in total. The summed E-state index contributed by atoms with van der Waals surface area (Å²) in [4.78, 5) is 17.5. The second kappa shape index (κ2) is 5.83. The Bertz CT molecular complexity index is 1110. The predicted octanol–water partition coefficient (Wildman–Crippen LogP) is 3.52. The summed E-state index contributed by atoms with van der Waals surface area (Å²) < 4.78 is 6.22. The minimum Gasteiger partial charge on any atom is -0.435 e. The molecule has 0 unspecified atom stereocenters. The number of aromatic nitrogens is 3. The highest BCUT2D eigenvalue weighted by Gasteiger charge is 2.52. The van der Waals surface area contributed by atoms with Gasteiger partial charge in [0.15, 0.2) is 5.69 Å². The maximum atomic E-state index is 13.0. The number of rotatable bonds is 1. The summed E-state index contributed by atoms with van der Waals surface area (Å²) in [6.07, 6.45) is 1.85. The maximum Gasteiger partial charge on any atom is 0.295 e. The highest BCUT2D eigenvalue weighted by Crippen LogP contribution is 2.46. The van der Waals surface area contributed by atoms with Gasteiger partial charge in [-0.15, -0.1) is 10.2 Å². The molecule has 1 spiro atoms. The molecule has 0 fully saturated rings. The summed E-state index contributed by atoms with van der Waals surface area (Å²) in [5.74, 6) is -0.124. The lowest BCUT2D eigenvalue weighted by Crippen LogP contribution is -2.47. The third-order valence-corrected chi connectivity index (χ3v) is 5.26. The van der Waals surface area contributed by atoms with Gasteiger partial charge in [-0.05, 0) is 30.5 Å². The SMILES string of the molecule is CSc1nnc2c(n1)O[C@@]1(Nc3ccccc3-2)C(=O)Nc2ccc(Cl)cc21. The van der Waals surface area contributed by atoms with Crippen LogP contribution in [0.2, 0.25) is 5.02 Å². The van der Waals surface area contributed by atoms with Crippen molar-refractivity contribution in [3.63, 3.8) is 0 Å². The molecule has 2 N–H and O–H groups in total. The number of carbonyl (C=O) groups is 1. The molecule has 27 heavy (non-hydrogen) atoms. The van der Waals surface area contributed by atoms with Crippen molar-refractivity contribution in [2.75, 3.05) is 16.9 Å². The van der Waals surface area contributed by atoms with Crippen molar-refractivity contribution in [1.29, 1.82) is 0 Å². The molecule has 0 saturated heterocycles. The van der Waals surface area contributed by atoms with Crippen LogP contribution >= 0.6 is 23.4 Å². The number of hydrogen-bond acceptors (Lipinski definition) is 7. The minimum absolute atomic E-state index is 0.231. The van der Waals surface area contributed by atoms with E-state index in [1.54, 1.807) is 18.2 Å². The second-order valence-electron chi connectivity index (χ2n) is 6.05. The Balaban J connectivity index is 1.80. The van der Waals surface area contributed by atoms with Gasteiger partial charge in [0.1, 0.15) is 0 Å². The Kier molecular flexibility index (Phi) is 3.53. The van der Waals surface area contributed by atoms with E-state index in [1.165, 1.54) is 11.8 Å². The summed E-state index contributed by atoms with van der Waals surface area (Å²) in [7, 11) is 0. The highest BCUT2D eigenvalue weighted by molar-refractivity contribution is 7.98.